The number of likely N-dealkylation sites (tertiary alicyclic amines) is 1. The molecule has 0 spiro atoms. The number of hydrogen-bond acceptors (Lipinski definition) is 5. The van der Waals surface area contributed by atoms with Gasteiger partial charge in [0, 0.05) is 11.6 Å². The summed E-state index contributed by atoms with van der Waals surface area (Å²) >= 11 is 0. The van der Waals surface area contributed by atoms with Crippen LogP contribution in [-0.4, -0.2) is 53.8 Å². The maximum atomic E-state index is 13.4. The SMILES string of the molecule is COc1ccc(CN2C(=O)[C@H](N3C(=O)c4ccccc4C3=O)[C@@H]2/C=C/c2ccccc2)c(OC)c1. The van der Waals surface area contributed by atoms with Crippen LogP contribution in [0.3, 0.4) is 0 Å². The van der Waals surface area contributed by atoms with Gasteiger partial charge in [-0.2, -0.15) is 0 Å². The molecule has 35 heavy (non-hydrogen) atoms. The lowest BCUT2D eigenvalue weighted by Crippen LogP contribution is -2.70. The summed E-state index contributed by atoms with van der Waals surface area (Å²) in [5, 5.41) is 0. The third kappa shape index (κ3) is 3.85. The van der Waals surface area contributed by atoms with Gasteiger partial charge in [0.1, 0.15) is 17.5 Å². The predicted molar refractivity (Wildman–Crippen MR) is 130 cm³/mol. The molecule has 0 saturated carbocycles. The minimum Gasteiger partial charge on any atom is -0.497 e. The van der Waals surface area contributed by atoms with Gasteiger partial charge in [-0.3, -0.25) is 19.3 Å². The highest BCUT2D eigenvalue weighted by Gasteiger charge is 2.55. The van der Waals surface area contributed by atoms with Gasteiger partial charge in [-0.15, -0.1) is 0 Å². The number of methoxy groups -OCH3 is 2. The summed E-state index contributed by atoms with van der Waals surface area (Å²) in [4.78, 5) is 42.4. The average Bonchev–Trinajstić information content (AvgIpc) is 3.15. The van der Waals surface area contributed by atoms with Crippen molar-refractivity contribution >= 4 is 23.8 Å². The molecule has 3 amide bonds. The van der Waals surface area contributed by atoms with Crippen molar-refractivity contribution in [3.05, 3.63) is 101 Å². The summed E-state index contributed by atoms with van der Waals surface area (Å²) in [6, 6.07) is 20.3. The molecule has 2 aliphatic heterocycles. The number of β-lactam (4-membered cyclic amide) rings is 1. The zero-order chi connectivity index (χ0) is 24.5. The highest BCUT2D eigenvalue weighted by Crippen LogP contribution is 2.36. The fourth-order valence-corrected chi connectivity index (χ4v) is 4.61. The number of benzene rings is 3. The zero-order valence-corrected chi connectivity index (χ0v) is 19.4. The average molecular weight is 469 g/mol. The van der Waals surface area contributed by atoms with Gasteiger partial charge in [0.05, 0.1) is 37.9 Å². The van der Waals surface area contributed by atoms with E-state index >= 15 is 0 Å². The summed E-state index contributed by atoms with van der Waals surface area (Å²) < 4.78 is 10.8. The zero-order valence-electron chi connectivity index (χ0n) is 19.4. The maximum absolute atomic E-state index is 13.4. The second-order valence-electron chi connectivity index (χ2n) is 8.38. The molecule has 3 aromatic carbocycles. The Kier molecular flexibility index (Phi) is 5.82. The highest BCUT2D eigenvalue weighted by molar-refractivity contribution is 6.23. The van der Waals surface area contributed by atoms with Gasteiger partial charge in [-0.05, 0) is 29.8 Å². The van der Waals surface area contributed by atoms with Crippen LogP contribution < -0.4 is 9.47 Å². The minimum atomic E-state index is -0.911. The molecule has 0 N–H and O–H groups in total. The molecule has 2 aliphatic rings. The summed E-state index contributed by atoms with van der Waals surface area (Å²) in [6.45, 7) is 0.259. The maximum Gasteiger partial charge on any atom is 0.262 e. The molecule has 0 bridgehead atoms. The third-order valence-corrected chi connectivity index (χ3v) is 6.44. The van der Waals surface area contributed by atoms with Crippen molar-refractivity contribution in [2.24, 2.45) is 0 Å². The van der Waals surface area contributed by atoms with Crippen molar-refractivity contribution in [3.63, 3.8) is 0 Å². The normalized spacial score (nSPS) is 19.2. The van der Waals surface area contributed by atoms with Crippen LogP contribution in [0.25, 0.3) is 6.08 Å². The van der Waals surface area contributed by atoms with Crippen molar-refractivity contribution in [1.82, 2.24) is 9.80 Å². The molecule has 5 rings (SSSR count). The Bertz CT molecular complexity index is 1300. The lowest BCUT2D eigenvalue weighted by atomic mass is 9.91. The molecule has 0 radical (unpaired) electrons. The van der Waals surface area contributed by atoms with Gasteiger partial charge in [0.25, 0.3) is 11.8 Å². The number of ether oxygens (including phenoxy) is 2. The van der Waals surface area contributed by atoms with E-state index < -0.39 is 23.9 Å². The fourth-order valence-electron chi connectivity index (χ4n) is 4.61. The Balaban J connectivity index is 1.48. The lowest BCUT2D eigenvalue weighted by Gasteiger charge is -2.48. The number of imide groups is 1. The lowest BCUT2D eigenvalue weighted by molar-refractivity contribution is -0.153. The van der Waals surface area contributed by atoms with Crippen LogP contribution in [0.4, 0.5) is 0 Å². The molecular formula is C28H24N2O5. The van der Waals surface area contributed by atoms with E-state index in [0.717, 1.165) is 16.0 Å². The first kappa shape index (κ1) is 22.4. The number of nitrogens with zero attached hydrogens (tertiary/aromatic N) is 2. The number of carbonyl (C=O) groups excluding carboxylic acids is 3. The van der Waals surface area contributed by atoms with Gasteiger partial charge in [0.15, 0.2) is 0 Å². The third-order valence-electron chi connectivity index (χ3n) is 6.44. The minimum absolute atomic E-state index is 0.259. The van der Waals surface area contributed by atoms with Crippen molar-refractivity contribution in [2.45, 2.75) is 18.6 Å². The monoisotopic (exact) mass is 468 g/mol. The number of rotatable bonds is 7. The van der Waals surface area contributed by atoms with Crippen molar-refractivity contribution in [1.29, 1.82) is 0 Å². The molecule has 176 valence electrons. The smallest absolute Gasteiger partial charge is 0.262 e. The van der Waals surface area contributed by atoms with Crippen LogP contribution in [0.5, 0.6) is 11.5 Å². The molecule has 2 atom stereocenters. The molecule has 0 aliphatic carbocycles. The summed E-state index contributed by atoms with van der Waals surface area (Å²) in [7, 11) is 3.13. The summed E-state index contributed by atoms with van der Waals surface area (Å²) in [5.74, 6) is 0.0599. The highest BCUT2D eigenvalue weighted by atomic mass is 16.5. The second kappa shape index (κ2) is 9.10. The standard InChI is InChI=1S/C28H24N2O5/c1-34-20-14-13-19(24(16-20)35-2)17-29-23(15-12-18-8-4-3-5-9-18)25(28(29)33)30-26(31)21-10-6-7-11-22(21)27(30)32/h3-16,23,25H,17H2,1-2H3/b15-12+/t23-,25+/m0/s1. The molecular weight excluding hydrogens is 444 g/mol. The Hall–Kier alpha value is -4.39. The van der Waals surface area contributed by atoms with Crippen LogP contribution in [0, 0.1) is 0 Å². The van der Waals surface area contributed by atoms with E-state index in [2.05, 4.69) is 0 Å². The molecule has 0 aromatic heterocycles. The molecule has 1 fully saturated rings. The van der Waals surface area contributed by atoms with Gasteiger partial charge < -0.3 is 14.4 Å². The van der Waals surface area contributed by atoms with Crippen LogP contribution in [0.2, 0.25) is 0 Å². The fraction of sp³-hybridized carbons (Fsp3) is 0.179. The van der Waals surface area contributed by atoms with Gasteiger partial charge in [0.2, 0.25) is 5.91 Å². The van der Waals surface area contributed by atoms with Crippen molar-refractivity contribution in [3.8, 4) is 11.5 Å². The number of carbonyl (C=O) groups is 3. The number of amides is 3. The van der Waals surface area contributed by atoms with E-state index in [-0.39, 0.29) is 12.5 Å². The Morgan fingerprint density at radius 2 is 1.49 bits per heavy atom. The van der Waals surface area contributed by atoms with Crippen LogP contribution in [-0.2, 0) is 11.3 Å². The molecule has 7 nitrogen and oxygen atoms in total. The first-order chi connectivity index (χ1) is 17.0. The van der Waals surface area contributed by atoms with Gasteiger partial charge in [-0.25, -0.2) is 0 Å². The van der Waals surface area contributed by atoms with E-state index in [1.165, 1.54) is 0 Å². The molecule has 7 heteroatoms. The second-order valence-corrected chi connectivity index (χ2v) is 8.38. The molecule has 0 unspecified atom stereocenters. The largest absolute Gasteiger partial charge is 0.497 e. The molecule has 1 saturated heterocycles. The van der Waals surface area contributed by atoms with Crippen LogP contribution >= 0.6 is 0 Å². The van der Waals surface area contributed by atoms with E-state index in [1.807, 2.05) is 48.6 Å². The molecule has 2 heterocycles. The first-order valence-corrected chi connectivity index (χ1v) is 11.2. The van der Waals surface area contributed by atoms with Crippen molar-refractivity contribution in [2.75, 3.05) is 14.2 Å². The van der Waals surface area contributed by atoms with E-state index in [4.69, 9.17) is 9.47 Å². The molecule has 3 aromatic rings. The topological polar surface area (TPSA) is 76.2 Å². The summed E-state index contributed by atoms with van der Waals surface area (Å²) in [5.41, 5.74) is 2.40. The van der Waals surface area contributed by atoms with E-state index in [9.17, 15) is 14.4 Å². The Morgan fingerprint density at radius 3 is 2.11 bits per heavy atom. The van der Waals surface area contributed by atoms with Gasteiger partial charge in [-0.1, -0.05) is 54.6 Å². The van der Waals surface area contributed by atoms with E-state index in [0.29, 0.717) is 22.6 Å². The number of hydrogen-bond donors (Lipinski definition) is 0. The van der Waals surface area contributed by atoms with Crippen LogP contribution in [0.1, 0.15) is 31.8 Å². The Labute approximate surface area is 203 Å². The van der Waals surface area contributed by atoms with Crippen molar-refractivity contribution < 1.29 is 23.9 Å². The van der Waals surface area contributed by atoms with E-state index in [1.54, 1.807) is 55.5 Å². The quantitative estimate of drug-likeness (QED) is 0.390. The van der Waals surface area contributed by atoms with Crippen LogP contribution in [0.15, 0.2) is 78.9 Å². The Morgan fingerprint density at radius 1 is 0.829 bits per heavy atom. The van der Waals surface area contributed by atoms with Gasteiger partial charge >= 0.3 is 0 Å². The predicted octanol–water partition coefficient (Wildman–Crippen LogP) is 3.79. The summed E-state index contributed by atoms with van der Waals surface area (Å²) in [6.07, 6.45) is 3.78. The number of fused-ring (bicyclic) bond motifs is 1. The first-order valence-electron chi connectivity index (χ1n) is 11.2.